The fourth-order valence-electron chi connectivity index (χ4n) is 2.29. The Hall–Kier alpha value is -1.13. The summed E-state index contributed by atoms with van der Waals surface area (Å²) < 4.78 is 5.59. The van der Waals surface area contributed by atoms with Gasteiger partial charge in [0.2, 0.25) is 0 Å². The number of pyridine rings is 1. The molecule has 0 aromatic carbocycles. The number of nitrogens with zero attached hydrogens (tertiary/aromatic N) is 2. The van der Waals surface area contributed by atoms with Crippen molar-refractivity contribution in [2.75, 3.05) is 25.1 Å². The van der Waals surface area contributed by atoms with Gasteiger partial charge < -0.3 is 15.4 Å². The second-order valence-electron chi connectivity index (χ2n) is 4.91. The van der Waals surface area contributed by atoms with Crippen molar-refractivity contribution in [3.63, 3.8) is 0 Å². The van der Waals surface area contributed by atoms with Gasteiger partial charge in [-0.1, -0.05) is 6.07 Å². The smallest absolute Gasteiger partial charge is 0.128 e. The van der Waals surface area contributed by atoms with Crippen LogP contribution >= 0.6 is 0 Å². The molecule has 2 heterocycles. The summed E-state index contributed by atoms with van der Waals surface area (Å²) in [4.78, 5) is 6.75. The van der Waals surface area contributed by atoms with E-state index < -0.39 is 0 Å². The molecule has 0 amide bonds. The fraction of sp³-hybridized carbons (Fsp3) is 0.615. The summed E-state index contributed by atoms with van der Waals surface area (Å²) in [5, 5.41) is 0. The van der Waals surface area contributed by atoms with Gasteiger partial charge in [0, 0.05) is 32.9 Å². The Bertz CT molecular complexity index is 365. The Morgan fingerprint density at radius 2 is 2.35 bits per heavy atom. The lowest BCUT2D eigenvalue weighted by Gasteiger charge is -2.40. The molecular weight excluding hydrogens is 214 g/mol. The number of rotatable bonds is 3. The maximum atomic E-state index is 5.59. The summed E-state index contributed by atoms with van der Waals surface area (Å²) in [5.74, 6) is 1.02. The topological polar surface area (TPSA) is 51.4 Å². The predicted molar refractivity (Wildman–Crippen MR) is 69.0 cm³/mol. The first-order valence-corrected chi connectivity index (χ1v) is 6.12. The van der Waals surface area contributed by atoms with Crippen molar-refractivity contribution in [2.24, 2.45) is 5.73 Å². The van der Waals surface area contributed by atoms with Crippen molar-refractivity contribution in [2.45, 2.75) is 31.9 Å². The third kappa shape index (κ3) is 2.76. The van der Waals surface area contributed by atoms with Crippen LogP contribution in [0.15, 0.2) is 18.3 Å². The van der Waals surface area contributed by atoms with Crippen LogP contribution in [-0.2, 0) is 11.3 Å². The average Bonchev–Trinajstić information content (AvgIpc) is 2.39. The van der Waals surface area contributed by atoms with Crippen LogP contribution in [0.2, 0.25) is 0 Å². The molecule has 94 valence electrons. The minimum atomic E-state index is -0.0491. The summed E-state index contributed by atoms with van der Waals surface area (Å²) in [6, 6.07) is 4.09. The van der Waals surface area contributed by atoms with Crippen molar-refractivity contribution in [3.05, 3.63) is 23.9 Å². The van der Waals surface area contributed by atoms with Gasteiger partial charge in [-0.2, -0.15) is 0 Å². The van der Waals surface area contributed by atoms with E-state index in [0.717, 1.165) is 37.3 Å². The van der Waals surface area contributed by atoms with Gasteiger partial charge in [0.15, 0.2) is 0 Å². The van der Waals surface area contributed by atoms with E-state index in [9.17, 15) is 0 Å². The standard InChI is InChI=1S/C13H21N3O/c1-13(17-2)6-3-7-16(10-13)12-5-4-11(8-14)9-15-12/h4-5,9H,3,6-8,10,14H2,1-2H3. The van der Waals surface area contributed by atoms with E-state index in [-0.39, 0.29) is 5.60 Å². The number of aromatic nitrogens is 1. The quantitative estimate of drug-likeness (QED) is 0.863. The molecule has 0 radical (unpaired) electrons. The number of piperidine rings is 1. The first kappa shape index (κ1) is 12.3. The number of hydrogen-bond acceptors (Lipinski definition) is 4. The zero-order valence-corrected chi connectivity index (χ0v) is 10.6. The Labute approximate surface area is 103 Å². The average molecular weight is 235 g/mol. The lowest BCUT2D eigenvalue weighted by atomic mass is 9.95. The van der Waals surface area contributed by atoms with Crippen LogP contribution in [0.25, 0.3) is 0 Å². The highest BCUT2D eigenvalue weighted by Gasteiger charge is 2.31. The van der Waals surface area contributed by atoms with Gasteiger partial charge in [0.1, 0.15) is 5.82 Å². The molecule has 1 aliphatic heterocycles. The van der Waals surface area contributed by atoms with Gasteiger partial charge in [-0.25, -0.2) is 4.98 Å². The van der Waals surface area contributed by atoms with Gasteiger partial charge in [-0.05, 0) is 31.4 Å². The van der Waals surface area contributed by atoms with Crippen LogP contribution in [0.5, 0.6) is 0 Å². The zero-order valence-electron chi connectivity index (χ0n) is 10.6. The molecule has 1 atom stereocenters. The number of methoxy groups -OCH3 is 1. The lowest BCUT2D eigenvalue weighted by molar-refractivity contribution is -0.00481. The molecule has 0 spiro atoms. The predicted octanol–water partition coefficient (Wildman–Crippen LogP) is 1.55. The first-order chi connectivity index (χ1) is 8.17. The van der Waals surface area contributed by atoms with E-state index in [1.165, 1.54) is 0 Å². The molecule has 1 fully saturated rings. The normalized spacial score (nSPS) is 25.0. The molecule has 0 saturated carbocycles. The Balaban J connectivity index is 2.10. The van der Waals surface area contributed by atoms with Gasteiger partial charge in [0.05, 0.1) is 5.60 Å². The molecule has 2 N–H and O–H groups in total. The number of nitrogens with two attached hydrogens (primary N) is 1. The molecule has 17 heavy (non-hydrogen) atoms. The minimum absolute atomic E-state index is 0.0491. The molecule has 1 saturated heterocycles. The molecule has 0 aliphatic carbocycles. The molecule has 0 bridgehead atoms. The molecule has 4 nitrogen and oxygen atoms in total. The van der Waals surface area contributed by atoms with Crippen LogP contribution in [0.4, 0.5) is 5.82 Å². The van der Waals surface area contributed by atoms with Crippen LogP contribution < -0.4 is 10.6 Å². The number of hydrogen-bond donors (Lipinski definition) is 1. The van der Waals surface area contributed by atoms with Gasteiger partial charge in [0.25, 0.3) is 0 Å². The molecule has 1 unspecified atom stereocenters. The minimum Gasteiger partial charge on any atom is -0.377 e. The lowest BCUT2D eigenvalue weighted by Crippen LogP contribution is -2.47. The summed E-state index contributed by atoms with van der Waals surface area (Å²) in [7, 11) is 1.79. The third-order valence-electron chi connectivity index (χ3n) is 3.52. The van der Waals surface area contributed by atoms with Crippen molar-refractivity contribution in [1.29, 1.82) is 0 Å². The summed E-state index contributed by atoms with van der Waals surface area (Å²) in [6.07, 6.45) is 4.11. The monoisotopic (exact) mass is 235 g/mol. The highest BCUT2D eigenvalue weighted by molar-refractivity contribution is 5.40. The van der Waals surface area contributed by atoms with Crippen molar-refractivity contribution in [3.8, 4) is 0 Å². The molecule has 1 aromatic heterocycles. The largest absolute Gasteiger partial charge is 0.377 e. The SMILES string of the molecule is COC1(C)CCCN(c2ccc(CN)cn2)C1. The van der Waals surface area contributed by atoms with E-state index >= 15 is 0 Å². The summed E-state index contributed by atoms with van der Waals surface area (Å²) >= 11 is 0. The van der Waals surface area contributed by atoms with E-state index in [0.29, 0.717) is 6.54 Å². The summed E-state index contributed by atoms with van der Waals surface area (Å²) in [5.41, 5.74) is 6.59. The van der Waals surface area contributed by atoms with Gasteiger partial charge >= 0.3 is 0 Å². The Morgan fingerprint density at radius 3 is 2.94 bits per heavy atom. The van der Waals surface area contributed by atoms with Gasteiger partial charge in [-0.3, -0.25) is 0 Å². The first-order valence-electron chi connectivity index (χ1n) is 6.12. The third-order valence-corrected chi connectivity index (χ3v) is 3.52. The van der Waals surface area contributed by atoms with Crippen LogP contribution in [-0.4, -0.2) is 30.8 Å². The number of ether oxygens (including phenoxy) is 1. The van der Waals surface area contributed by atoms with E-state index in [1.807, 2.05) is 18.3 Å². The van der Waals surface area contributed by atoms with Crippen molar-refractivity contribution in [1.82, 2.24) is 4.98 Å². The van der Waals surface area contributed by atoms with Crippen molar-refractivity contribution >= 4 is 5.82 Å². The van der Waals surface area contributed by atoms with Gasteiger partial charge in [-0.15, -0.1) is 0 Å². The Kier molecular flexibility index (Phi) is 3.64. The fourth-order valence-corrected chi connectivity index (χ4v) is 2.29. The summed E-state index contributed by atoms with van der Waals surface area (Å²) in [6.45, 7) is 4.66. The maximum absolute atomic E-state index is 5.59. The Morgan fingerprint density at radius 1 is 1.53 bits per heavy atom. The maximum Gasteiger partial charge on any atom is 0.128 e. The van der Waals surface area contributed by atoms with Crippen molar-refractivity contribution < 1.29 is 4.74 Å². The van der Waals surface area contributed by atoms with Crippen LogP contribution in [0.1, 0.15) is 25.3 Å². The van der Waals surface area contributed by atoms with E-state index in [4.69, 9.17) is 10.5 Å². The van der Waals surface area contributed by atoms with Crippen LogP contribution in [0, 0.1) is 0 Å². The molecule has 4 heteroatoms. The molecular formula is C13H21N3O. The second kappa shape index (κ2) is 5.02. The van der Waals surface area contributed by atoms with Crippen LogP contribution in [0.3, 0.4) is 0 Å². The number of anilines is 1. The van der Waals surface area contributed by atoms with E-state index in [1.54, 1.807) is 7.11 Å². The molecule has 2 rings (SSSR count). The van der Waals surface area contributed by atoms with E-state index in [2.05, 4.69) is 16.8 Å². The molecule has 1 aliphatic rings. The second-order valence-corrected chi connectivity index (χ2v) is 4.91. The highest BCUT2D eigenvalue weighted by Crippen LogP contribution is 2.26. The highest BCUT2D eigenvalue weighted by atomic mass is 16.5. The molecule has 1 aromatic rings. The zero-order chi connectivity index (χ0) is 12.3.